The molecule has 0 aliphatic carbocycles. The van der Waals surface area contributed by atoms with Gasteiger partial charge in [-0.3, -0.25) is 4.79 Å². The Morgan fingerprint density at radius 2 is 1.74 bits per heavy atom. The van der Waals surface area contributed by atoms with Crippen molar-refractivity contribution in [1.82, 2.24) is 20.3 Å². The third-order valence-corrected chi connectivity index (χ3v) is 5.03. The maximum atomic E-state index is 14.7. The zero-order valence-electron chi connectivity index (χ0n) is 17.0. The van der Waals surface area contributed by atoms with Crippen molar-refractivity contribution in [2.75, 3.05) is 23.7 Å². The summed E-state index contributed by atoms with van der Waals surface area (Å²) in [5, 5.41) is 8.90. The molecule has 3 aromatic rings. The monoisotopic (exact) mass is 424 g/mol. The predicted molar refractivity (Wildman–Crippen MR) is 114 cm³/mol. The topological polar surface area (TPSA) is 91.8 Å². The van der Waals surface area contributed by atoms with E-state index in [0.29, 0.717) is 24.5 Å². The van der Waals surface area contributed by atoms with Crippen molar-refractivity contribution < 1.29 is 13.6 Å². The van der Waals surface area contributed by atoms with E-state index >= 15 is 0 Å². The Balaban J connectivity index is 1.73. The summed E-state index contributed by atoms with van der Waals surface area (Å²) in [6.45, 7) is 3.09. The SMILES string of the molecule is Cc1cnc2nc1NCCCCCNC(=O)c1ccc(c(F)c1)-c1cnc(F)c(c1)N2. The van der Waals surface area contributed by atoms with Crippen molar-refractivity contribution in [3.05, 3.63) is 59.6 Å². The van der Waals surface area contributed by atoms with Gasteiger partial charge in [-0.05, 0) is 44.4 Å². The number of aromatic nitrogens is 3. The van der Waals surface area contributed by atoms with Crippen LogP contribution in [0.15, 0.2) is 36.7 Å². The van der Waals surface area contributed by atoms with Crippen LogP contribution in [-0.4, -0.2) is 33.9 Å². The minimum Gasteiger partial charge on any atom is -0.370 e. The maximum Gasteiger partial charge on any atom is 0.251 e. The molecule has 0 atom stereocenters. The Bertz CT molecular complexity index is 1120. The van der Waals surface area contributed by atoms with Gasteiger partial charge in [-0.25, -0.2) is 14.4 Å². The van der Waals surface area contributed by atoms with Gasteiger partial charge >= 0.3 is 0 Å². The number of rotatable bonds is 0. The van der Waals surface area contributed by atoms with Gasteiger partial charge in [0.15, 0.2) is 0 Å². The van der Waals surface area contributed by atoms with Gasteiger partial charge in [-0.15, -0.1) is 0 Å². The van der Waals surface area contributed by atoms with Gasteiger partial charge in [0.2, 0.25) is 11.9 Å². The summed E-state index contributed by atoms with van der Waals surface area (Å²) in [6, 6.07) is 5.64. The van der Waals surface area contributed by atoms with Gasteiger partial charge in [-0.2, -0.15) is 9.37 Å². The smallest absolute Gasteiger partial charge is 0.251 e. The van der Waals surface area contributed by atoms with E-state index in [4.69, 9.17) is 0 Å². The summed E-state index contributed by atoms with van der Waals surface area (Å²) >= 11 is 0. The number of aryl methyl sites for hydroxylation is 1. The molecule has 31 heavy (non-hydrogen) atoms. The Morgan fingerprint density at radius 3 is 2.55 bits per heavy atom. The number of hydrogen-bond donors (Lipinski definition) is 3. The zero-order chi connectivity index (χ0) is 21.8. The summed E-state index contributed by atoms with van der Waals surface area (Å²) in [4.78, 5) is 24.7. The third-order valence-electron chi connectivity index (χ3n) is 5.03. The van der Waals surface area contributed by atoms with Gasteiger partial charge < -0.3 is 16.0 Å². The van der Waals surface area contributed by atoms with Crippen molar-refractivity contribution in [3.8, 4) is 11.1 Å². The van der Waals surface area contributed by atoms with Gasteiger partial charge in [0.05, 0.1) is 5.69 Å². The first-order valence-electron chi connectivity index (χ1n) is 10.1. The number of benzene rings is 1. The highest BCUT2D eigenvalue weighted by Crippen LogP contribution is 2.28. The summed E-state index contributed by atoms with van der Waals surface area (Å²) in [7, 11) is 0. The molecule has 1 amide bonds. The fourth-order valence-electron chi connectivity index (χ4n) is 3.31. The summed E-state index contributed by atoms with van der Waals surface area (Å²) < 4.78 is 29.1. The Kier molecular flexibility index (Phi) is 6.01. The fourth-order valence-corrected chi connectivity index (χ4v) is 3.31. The van der Waals surface area contributed by atoms with Crippen LogP contribution in [0.2, 0.25) is 0 Å². The first-order valence-corrected chi connectivity index (χ1v) is 10.1. The molecule has 0 radical (unpaired) electrons. The Hall–Kier alpha value is -3.62. The van der Waals surface area contributed by atoms with Crippen LogP contribution in [0, 0.1) is 18.7 Å². The standard InChI is InChI=1S/C22H22F2N6O/c1-13-11-28-22-29-18-10-15(12-27-19(18)24)16-6-5-14(9-17(16)23)21(31)26-8-4-2-3-7-25-20(13)30-22/h5-6,9-12H,2-4,7-8H2,1H3,(H,26,31)(H2,25,28,29,30). The average molecular weight is 424 g/mol. The molecule has 6 bridgehead atoms. The zero-order valence-corrected chi connectivity index (χ0v) is 17.0. The van der Waals surface area contributed by atoms with Gasteiger partial charge in [0, 0.05) is 47.7 Å². The highest BCUT2D eigenvalue weighted by molar-refractivity contribution is 5.94. The second-order valence-corrected chi connectivity index (χ2v) is 7.35. The predicted octanol–water partition coefficient (Wildman–Crippen LogP) is 4.19. The van der Waals surface area contributed by atoms with E-state index in [1.807, 2.05) is 6.92 Å². The quantitative estimate of drug-likeness (QED) is 0.469. The van der Waals surface area contributed by atoms with E-state index in [0.717, 1.165) is 24.8 Å². The molecule has 0 spiro atoms. The first-order chi connectivity index (χ1) is 15.0. The van der Waals surface area contributed by atoms with Crippen LogP contribution in [0.25, 0.3) is 11.1 Å². The molecular formula is C22H22F2N6O. The molecule has 0 saturated heterocycles. The number of fused-ring (bicyclic) bond motifs is 9. The normalized spacial score (nSPS) is 14.5. The lowest BCUT2D eigenvalue weighted by molar-refractivity contribution is 0.0952. The number of hydrogen-bond acceptors (Lipinski definition) is 6. The molecule has 0 unspecified atom stereocenters. The molecule has 4 heterocycles. The maximum absolute atomic E-state index is 14.7. The van der Waals surface area contributed by atoms with E-state index in [1.165, 1.54) is 30.5 Å². The van der Waals surface area contributed by atoms with E-state index < -0.39 is 11.8 Å². The molecule has 2 aliphatic heterocycles. The second kappa shape index (κ2) is 9.03. The highest BCUT2D eigenvalue weighted by Gasteiger charge is 2.15. The summed E-state index contributed by atoms with van der Waals surface area (Å²) in [6.07, 6.45) is 5.47. The van der Waals surface area contributed by atoms with Crippen LogP contribution in [0.3, 0.4) is 0 Å². The minimum atomic E-state index is -0.760. The van der Waals surface area contributed by atoms with Crippen molar-refractivity contribution >= 4 is 23.4 Å². The number of carbonyl (C=O) groups excluding carboxylic acids is 1. The molecule has 2 aliphatic rings. The largest absolute Gasteiger partial charge is 0.370 e. The molecule has 9 heteroatoms. The van der Waals surface area contributed by atoms with Crippen LogP contribution in [0.1, 0.15) is 35.2 Å². The number of nitrogens with one attached hydrogen (secondary N) is 3. The van der Waals surface area contributed by atoms with Crippen LogP contribution >= 0.6 is 0 Å². The van der Waals surface area contributed by atoms with Crippen molar-refractivity contribution in [1.29, 1.82) is 0 Å². The van der Waals surface area contributed by atoms with Gasteiger partial charge in [-0.1, -0.05) is 6.07 Å². The van der Waals surface area contributed by atoms with E-state index in [2.05, 4.69) is 30.9 Å². The molecule has 3 N–H and O–H groups in total. The van der Waals surface area contributed by atoms with Crippen LogP contribution in [0.4, 0.5) is 26.2 Å². The van der Waals surface area contributed by atoms with E-state index in [9.17, 15) is 13.6 Å². The molecule has 160 valence electrons. The van der Waals surface area contributed by atoms with Gasteiger partial charge in [0.1, 0.15) is 11.6 Å². The number of anilines is 3. The minimum absolute atomic E-state index is 0.0199. The number of pyridine rings is 1. The van der Waals surface area contributed by atoms with Crippen LogP contribution < -0.4 is 16.0 Å². The highest BCUT2D eigenvalue weighted by atomic mass is 19.1. The van der Waals surface area contributed by atoms with Crippen LogP contribution in [0.5, 0.6) is 0 Å². The number of halogens is 2. The molecule has 0 fully saturated rings. The molecule has 7 nitrogen and oxygen atoms in total. The first kappa shape index (κ1) is 20.6. The number of carbonyl (C=O) groups is 1. The van der Waals surface area contributed by atoms with Gasteiger partial charge in [0.25, 0.3) is 5.91 Å². The lowest BCUT2D eigenvalue weighted by Crippen LogP contribution is -2.24. The Labute approximate surface area is 178 Å². The lowest BCUT2D eigenvalue weighted by Gasteiger charge is -2.12. The van der Waals surface area contributed by atoms with E-state index in [1.54, 1.807) is 6.20 Å². The number of nitrogens with zero attached hydrogens (tertiary/aromatic N) is 3. The Morgan fingerprint density at radius 1 is 0.935 bits per heavy atom. The lowest BCUT2D eigenvalue weighted by atomic mass is 10.0. The molecule has 1 aromatic carbocycles. The molecule has 0 saturated carbocycles. The third kappa shape index (κ3) is 4.76. The molecular weight excluding hydrogens is 402 g/mol. The van der Waals surface area contributed by atoms with Crippen molar-refractivity contribution in [3.63, 3.8) is 0 Å². The number of amides is 1. The van der Waals surface area contributed by atoms with Crippen LogP contribution in [-0.2, 0) is 0 Å². The molecule has 5 rings (SSSR count). The molecule has 2 aromatic heterocycles. The average Bonchev–Trinajstić information content (AvgIpc) is 2.76. The fraction of sp³-hybridized carbons (Fsp3) is 0.273. The van der Waals surface area contributed by atoms with Crippen molar-refractivity contribution in [2.24, 2.45) is 0 Å². The summed E-state index contributed by atoms with van der Waals surface area (Å²) in [5.41, 5.74) is 1.67. The summed E-state index contributed by atoms with van der Waals surface area (Å²) in [5.74, 6) is -0.834. The van der Waals surface area contributed by atoms with E-state index in [-0.39, 0.29) is 28.7 Å². The second-order valence-electron chi connectivity index (χ2n) is 7.35. The van der Waals surface area contributed by atoms with Crippen molar-refractivity contribution in [2.45, 2.75) is 26.2 Å².